The van der Waals surface area contributed by atoms with Gasteiger partial charge < -0.3 is 24.4 Å². The topological polar surface area (TPSA) is 77.1 Å². The minimum atomic E-state index is -0.561. The van der Waals surface area contributed by atoms with Gasteiger partial charge in [0, 0.05) is 19.6 Å². The minimum Gasteiger partial charge on any atom is -0.493 e. The highest BCUT2D eigenvalue weighted by Crippen LogP contribution is 2.25. The third-order valence-electron chi connectivity index (χ3n) is 3.16. The molecule has 0 unspecified atom stereocenters. The summed E-state index contributed by atoms with van der Waals surface area (Å²) in [5.74, 6) is 0.869. The number of alkyl carbamates (subject to hydrolysis) is 1. The molecule has 0 bridgehead atoms. The number of hydrogen-bond acceptors (Lipinski definition) is 5. The van der Waals surface area contributed by atoms with E-state index in [9.17, 15) is 9.59 Å². The predicted octanol–water partition coefficient (Wildman–Crippen LogP) is 2.45. The van der Waals surface area contributed by atoms with E-state index in [4.69, 9.17) is 14.2 Å². The van der Waals surface area contributed by atoms with E-state index in [2.05, 4.69) is 5.32 Å². The lowest BCUT2D eigenvalue weighted by Gasteiger charge is -2.25. The number of carbonyl (C=O) groups is 2. The number of rotatable bonds is 7. The SMILES string of the molecule is COc1ccccc1OCC(=O)N(C)C[C@@H](C)NC(=O)OC(C)(C)C. The van der Waals surface area contributed by atoms with Crippen LogP contribution < -0.4 is 14.8 Å². The van der Waals surface area contributed by atoms with Gasteiger partial charge in [-0.15, -0.1) is 0 Å². The summed E-state index contributed by atoms with van der Waals surface area (Å²) in [7, 11) is 3.20. The maximum absolute atomic E-state index is 12.2. The summed E-state index contributed by atoms with van der Waals surface area (Å²) in [6, 6.07) is 6.87. The third-order valence-corrected chi connectivity index (χ3v) is 3.16. The van der Waals surface area contributed by atoms with E-state index in [1.165, 1.54) is 4.90 Å². The molecule has 0 aliphatic rings. The Labute approximate surface area is 149 Å². The zero-order valence-corrected chi connectivity index (χ0v) is 15.8. The van der Waals surface area contributed by atoms with E-state index < -0.39 is 11.7 Å². The first-order valence-electron chi connectivity index (χ1n) is 8.11. The van der Waals surface area contributed by atoms with Crippen LogP contribution in [0.1, 0.15) is 27.7 Å². The van der Waals surface area contributed by atoms with Crippen molar-refractivity contribution < 1.29 is 23.8 Å². The van der Waals surface area contributed by atoms with Crippen molar-refractivity contribution in [1.82, 2.24) is 10.2 Å². The Bertz CT molecular complexity index is 583. The predicted molar refractivity (Wildman–Crippen MR) is 95.0 cm³/mol. The Kier molecular flexibility index (Phi) is 7.54. The number of nitrogens with zero attached hydrogens (tertiary/aromatic N) is 1. The van der Waals surface area contributed by atoms with Gasteiger partial charge in [0.2, 0.25) is 0 Å². The number of para-hydroxylation sites is 2. The highest BCUT2D eigenvalue weighted by atomic mass is 16.6. The Morgan fingerprint density at radius 2 is 1.80 bits per heavy atom. The molecule has 0 aromatic heterocycles. The molecule has 2 amide bonds. The molecule has 0 aliphatic heterocycles. The van der Waals surface area contributed by atoms with Gasteiger partial charge in [0.25, 0.3) is 5.91 Å². The fourth-order valence-electron chi connectivity index (χ4n) is 2.05. The van der Waals surface area contributed by atoms with Crippen molar-refractivity contribution in [3.8, 4) is 11.5 Å². The molecule has 0 heterocycles. The van der Waals surface area contributed by atoms with Crippen LogP contribution in [-0.2, 0) is 9.53 Å². The maximum Gasteiger partial charge on any atom is 0.407 e. The number of carbonyl (C=O) groups excluding carboxylic acids is 2. The second-order valence-corrected chi connectivity index (χ2v) is 6.76. The van der Waals surface area contributed by atoms with Crippen LogP contribution in [-0.4, -0.2) is 55.9 Å². The monoisotopic (exact) mass is 352 g/mol. The van der Waals surface area contributed by atoms with Crippen LogP contribution in [0.4, 0.5) is 4.79 Å². The first kappa shape index (κ1) is 20.6. The normalized spacial score (nSPS) is 12.1. The van der Waals surface area contributed by atoms with Crippen molar-refractivity contribution in [2.75, 3.05) is 27.3 Å². The summed E-state index contributed by atoms with van der Waals surface area (Å²) in [4.78, 5) is 25.4. The molecular formula is C18H28N2O5. The van der Waals surface area contributed by atoms with Crippen LogP contribution in [0.15, 0.2) is 24.3 Å². The molecule has 25 heavy (non-hydrogen) atoms. The zero-order valence-electron chi connectivity index (χ0n) is 15.8. The maximum atomic E-state index is 12.2. The standard InChI is InChI=1S/C18H28N2O5/c1-13(19-17(22)25-18(2,3)4)11-20(5)16(21)12-24-15-10-8-7-9-14(15)23-6/h7-10,13H,11-12H2,1-6H3,(H,19,22)/t13-/m1/s1. The molecular weight excluding hydrogens is 324 g/mol. The van der Waals surface area contributed by atoms with Crippen LogP contribution >= 0.6 is 0 Å². The molecule has 0 fully saturated rings. The number of likely N-dealkylation sites (N-methyl/N-ethyl adjacent to an activating group) is 1. The molecule has 7 nitrogen and oxygen atoms in total. The molecule has 0 saturated carbocycles. The highest BCUT2D eigenvalue weighted by Gasteiger charge is 2.19. The van der Waals surface area contributed by atoms with Crippen molar-refractivity contribution in [3.63, 3.8) is 0 Å². The average molecular weight is 352 g/mol. The van der Waals surface area contributed by atoms with E-state index in [1.807, 2.05) is 6.07 Å². The second kappa shape index (κ2) is 9.15. The van der Waals surface area contributed by atoms with Gasteiger partial charge in [-0.1, -0.05) is 12.1 Å². The van der Waals surface area contributed by atoms with E-state index in [0.29, 0.717) is 18.0 Å². The summed E-state index contributed by atoms with van der Waals surface area (Å²) in [6.07, 6.45) is -0.508. The average Bonchev–Trinajstić information content (AvgIpc) is 2.50. The van der Waals surface area contributed by atoms with Crippen LogP contribution in [0, 0.1) is 0 Å². The number of methoxy groups -OCH3 is 1. The molecule has 140 valence electrons. The smallest absolute Gasteiger partial charge is 0.407 e. The molecule has 1 atom stereocenters. The molecule has 0 aliphatic carbocycles. The molecule has 0 saturated heterocycles. The van der Waals surface area contributed by atoms with Gasteiger partial charge in [0.1, 0.15) is 5.60 Å². The summed E-state index contributed by atoms with van der Waals surface area (Å²) in [5.41, 5.74) is -0.561. The molecule has 1 aromatic carbocycles. The number of hydrogen-bond donors (Lipinski definition) is 1. The van der Waals surface area contributed by atoms with Gasteiger partial charge >= 0.3 is 6.09 Å². The van der Waals surface area contributed by atoms with Gasteiger partial charge in [0.15, 0.2) is 18.1 Å². The molecule has 1 N–H and O–H groups in total. The van der Waals surface area contributed by atoms with Crippen LogP contribution in [0.25, 0.3) is 0 Å². The van der Waals surface area contributed by atoms with E-state index >= 15 is 0 Å². The number of amides is 2. The number of ether oxygens (including phenoxy) is 3. The lowest BCUT2D eigenvalue weighted by atomic mass is 10.2. The minimum absolute atomic E-state index is 0.115. The van der Waals surface area contributed by atoms with Crippen molar-refractivity contribution in [1.29, 1.82) is 0 Å². The first-order chi connectivity index (χ1) is 11.6. The number of nitrogens with one attached hydrogen (secondary N) is 1. The van der Waals surface area contributed by atoms with Crippen LogP contribution in [0.3, 0.4) is 0 Å². The van der Waals surface area contributed by atoms with Gasteiger partial charge in [-0.3, -0.25) is 4.79 Å². The van der Waals surface area contributed by atoms with Crippen molar-refractivity contribution >= 4 is 12.0 Å². The fourth-order valence-corrected chi connectivity index (χ4v) is 2.05. The van der Waals surface area contributed by atoms with Gasteiger partial charge in [-0.05, 0) is 39.8 Å². The summed E-state index contributed by atoms with van der Waals surface area (Å²) >= 11 is 0. The van der Waals surface area contributed by atoms with Crippen LogP contribution in [0.5, 0.6) is 11.5 Å². The fraction of sp³-hybridized carbons (Fsp3) is 0.556. The molecule has 0 radical (unpaired) electrons. The quantitative estimate of drug-likeness (QED) is 0.816. The second-order valence-electron chi connectivity index (χ2n) is 6.76. The molecule has 1 aromatic rings. The van der Waals surface area contributed by atoms with Crippen LogP contribution in [0.2, 0.25) is 0 Å². The Balaban J connectivity index is 2.44. The lowest BCUT2D eigenvalue weighted by molar-refractivity contribution is -0.132. The van der Waals surface area contributed by atoms with Crippen molar-refractivity contribution in [3.05, 3.63) is 24.3 Å². The largest absolute Gasteiger partial charge is 0.493 e. The summed E-state index contributed by atoms with van der Waals surface area (Å²) in [5, 5.41) is 2.70. The van der Waals surface area contributed by atoms with Crippen molar-refractivity contribution in [2.45, 2.75) is 39.3 Å². The third kappa shape index (κ3) is 7.78. The zero-order chi connectivity index (χ0) is 19.0. The Morgan fingerprint density at radius 3 is 2.36 bits per heavy atom. The lowest BCUT2D eigenvalue weighted by Crippen LogP contribution is -2.45. The molecule has 0 spiro atoms. The Hall–Kier alpha value is -2.44. The van der Waals surface area contributed by atoms with Crippen molar-refractivity contribution in [2.24, 2.45) is 0 Å². The molecule has 7 heteroatoms. The van der Waals surface area contributed by atoms with E-state index in [0.717, 1.165) is 0 Å². The summed E-state index contributed by atoms with van der Waals surface area (Å²) < 4.78 is 15.9. The molecule has 1 rings (SSSR count). The number of benzene rings is 1. The highest BCUT2D eigenvalue weighted by molar-refractivity contribution is 5.77. The first-order valence-corrected chi connectivity index (χ1v) is 8.11. The van der Waals surface area contributed by atoms with Gasteiger partial charge in [-0.25, -0.2) is 4.79 Å². The van der Waals surface area contributed by atoms with E-state index in [1.54, 1.807) is 60.1 Å². The Morgan fingerprint density at radius 1 is 1.20 bits per heavy atom. The van der Waals surface area contributed by atoms with Gasteiger partial charge in [0.05, 0.1) is 7.11 Å². The van der Waals surface area contributed by atoms with Gasteiger partial charge in [-0.2, -0.15) is 0 Å². The summed E-state index contributed by atoms with van der Waals surface area (Å²) in [6.45, 7) is 7.41. The van der Waals surface area contributed by atoms with E-state index in [-0.39, 0.29) is 18.6 Å².